The van der Waals surface area contributed by atoms with Gasteiger partial charge in [0, 0.05) is 23.2 Å². The van der Waals surface area contributed by atoms with Crippen molar-refractivity contribution in [2.75, 3.05) is 25.0 Å². The van der Waals surface area contributed by atoms with Gasteiger partial charge in [-0.2, -0.15) is 0 Å². The van der Waals surface area contributed by atoms with Crippen LogP contribution in [0.3, 0.4) is 0 Å². The van der Waals surface area contributed by atoms with Crippen LogP contribution >= 0.6 is 0 Å². The number of nitrogens with zero attached hydrogens (tertiary/aromatic N) is 3. The summed E-state index contributed by atoms with van der Waals surface area (Å²) in [5.74, 6) is 0.507. The lowest BCUT2D eigenvalue weighted by Gasteiger charge is -2.35. The van der Waals surface area contributed by atoms with Gasteiger partial charge in [0.1, 0.15) is 6.10 Å². The van der Waals surface area contributed by atoms with Crippen LogP contribution < -0.4 is 10.6 Å². The van der Waals surface area contributed by atoms with Crippen molar-refractivity contribution in [3.05, 3.63) is 60.7 Å². The number of imidazole rings is 1. The fourth-order valence-electron chi connectivity index (χ4n) is 5.30. The van der Waals surface area contributed by atoms with Gasteiger partial charge in [-0.3, -0.25) is 14.8 Å². The van der Waals surface area contributed by atoms with E-state index in [2.05, 4.69) is 48.8 Å². The van der Waals surface area contributed by atoms with Crippen molar-refractivity contribution in [1.29, 1.82) is 0 Å². The van der Waals surface area contributed by atoms with E-state index in [4.69, 9.17) is 4.74 Å². The molecule has 1 aliphatic heterocycles. The first-order valence-electron chi connectivity index (χ1n) is 13.1. The Hall–Kier alpha value is -3.78. The standard InChI is InChI=1S/C29H32N6O2/c1-18-3-2-4-26(35-18)28-27(33-17-34-28)20-5-6-25-21(13-20)14-23(16-32-25)31-15-19-11-22(12-19)29(36)37-24-7-9-30-10-8-24/h2-6,13-14,16-17,19,22,24,30-31H,7-12,15H2,1H3,(H,33,34). The van der Waals surface area contributed by atoms with Gasteiger partial charge in [0.15, 0.2) is 0 Å². The van der Waals surface area contributed by atoms with E-state index in [1.54, 1.807) is 6.33 Å². The van der Waals surface area contributed by atoms with Crippen LogP contribution in [0, 0.1) is 18.8 Å². The maximum atomic E-state index is 12.4. The minimum Gasteiger partial charge on any atom is -0.462 e. The van der Waals surface area contributed by atoms with Crippen molar-refractivity contribution in [1.82, 2.24) is 25.3 Å². The number of ether oxygens (including phenoxy) is 1. The lowest BCUT2D eigenvalue weighted by atomic mass is 9.75. The summed E-state index contributed by atoms with van der Waals surface area (Å²) in [5, 5.41) is 7.87. The van der Waals surface area contributed by atoms with Crippen molar-refractivity contribution in [3.8, 4) is 22.6 Å². The average molecular weight is 497 g/mol. The highest BCUT2D eigenvalue weighted by Gasteiger charge is 2.36. The summed E-state index contributed by atoms with van der Waals surface area (Å²) in [4.78, 5) is 29.6. The largest absolute Gasteiger partial charge is 0.462 e. The first kappa shape index (κ1) is 23.6. The molecule has 190 valence electrons. The Morgan fingerprint density at radius 3 is 2.81 bits per heavy atom. The Morgan fingerprint density at radius 1 is 1.11 bits per heavy atom. The molecule has 8 heteroatoms. The van der Waals surface area contributed by atoms with E-state index in [-0.39, 0.29) is 18.0 Å². The number of H-pyrrole nitrogens is 1. The number of anilines is 1. The van der Waals surface area contributed by atoms with Gasteiger partial charge >= 0.3 is 5.97 Å². The molecule has 2 aliphatic rings. The minimum absolute atomic E-state index is 0.0124. The predicted octanol–water partition coefficient (Wildman–Crippen LogP) is 4.73. The molecule has 0 spiro atoms. The van der Waals surface area contributed by atoms with Gasteiger partial charge in [-0.05, 0) is 81.9 Å². The molecule has 1 aliphatic carbocycles. The molecule has 37 heavy (non-hydrogen) atoms. The van der Waals surface area contributed by atoms with Crippen LogP contribution in [0.5, 0.6) is 0 Å². The van der Waals surface area contributed by atoms with E-state index in [1.165, 1.54) is 0 Å². The summed E-state index contributed by atoms with van der Waals surface area (Å²) in [6, 6.07) is 14.3. The van der Waals surface area contributed by atoms with Gasteiger partial charge < -0.3 is 20.4 Å². The molecular weight excluding hydrogens is 464 g/mol. The quantitative estimate of drug-likeness (QED) is 0.318. The molecule has 4 heterocycles. The van der Waals surface area contributed by atoms with Crippen LogP contribution in [-0.4, -0.2) is 51.6 Å². The summed E-state index contributed by atoms with van der Waals surface area (Å²) < 4.78 is 5.72. The molecule has 3 aromatic heterocycles. The van der Waals surface area contributed by atoms with E-state index < -0.39 is 0 Å². The van der Waals surface area contributed by atoms with Crippen LogP contribution in [-0.2, 0) is 9.53 Å². The first-order chi connectivity index (χ1) is 18.1. The van der Waals surface area contributed by atoms with Gasteiger partial charge in [-0.15, -0.1) is 0 Å². The predicted molar refractivity (Wildman–Crippen MR) is 144 cm³/mol. The molecular formula is C29H32N6O2. The van der Waals surface area contributed by atoms with Crippen molar-refractivity contribution in [2.45, 2.75) is 38.7 Å². The van der Waals surface area contributed by atoms with Gasteiger partial charge in [0.2, 0.25) is 0 Å². The zero-order chi connectivity index (χ0) is 25.2. The zero-order valence-electron chi connectivity index (χ0n) is 21.0. The summed E-state index contributed by atoms with van der Waals surface area (Å²) >= 11 is 0. The van der Waals surface area contributed by atoms with Gasteiger partial charge in [-0.25, -0.2) is 4.98 Å². The monoisotopic (exact) mass is 496 g/mol. The van der Waals surface area contributed by atoms with Gasteiger partial charge in [-0.1, -0.05) is 12.1 Å². The second-order valence-corrected chi connectivity index (χ2v) is 10.2. The lowest BCUT2D eigenvalue weighted by Crippen LogP contribution is -2.39. The molecule has 2 fully saturated rings. The number of benzene rings is 1. The highest BCUT2D eigenvalue weighted by atomic mass is 16.5. The first-order valence-corrected chi connectivity index (χ1v) is 13.1. The van der Waals surface area contributed by atoms with E-state index in [9.17, 15) is 4.79 Å². The number of carbonyl (C=O) groups excluding carboxylic acids is 1. The van der Waals surface area contributed by atoms with Gasteiger partial charge in [0.25, 0.3) is 0 Å². The topological polar surface area (TPSA) is 105 Å². The fraction of sp³-hybridized carbons (Fsp3) is 0.379. The van der Waals surface area contributed by atoms with Crippen LogP contribution in [0.25, 0.3) is 33.5 Å². The molecule has 0 amide bonds. The highest BCUT2D eigenvalue weighted by molar-refractivity contribution is 5.88. The third-order valence-corrected chi connectivity index (χ3v) is 7.47. The molecule has 1 aromatic carbocycles. The minimum atomic E-state index is -0.0124. The molecule has 3 N–H and O–H groups in total. The molecule has 0 atom stereocenters. The van der Waals surface area contributed by atoms with E-state index in [1.807, 2.05) is 37.4 Å². The fourth-order valence-corrected chi connectivity index (χ4v) is 5.30. The summed E-state index contributed by atoms with van der Waals surface area (Å²) in [6.07, 6.45) is 7.29. The van der Waals surface area contributed by atoms with Crippen LogP contribution in [0.1, 0.15) is 31.4 Å². The van der Waals surface area contributed by atoms with Crippen molar-refractivity contribution >= 4 is 22.6 Å². The molecule has 8 nitrogen and oxygen atoms in total. The molecule has 1 saturated carbocycles. The zero-order valence-corrected chi connectivity index (χ0v) is 21.0. The second kappa shape index (κ2) is 10.3. The molecule has 0 unspecified atom stereocenters. The van der Waals surface area contributed by atoms with Crippen molar-refractivity contribution < 1.29 is 9.53 Å². The van der Waals surface area contributed by atoms with Crippen LogP contribution in [0.2, 0.25) is 0 Å². The van der Waals surface area contributed by atoms with E-state index in [0.717, 1.165) is 90.2 Å². The number of piperidine rings is 1. The Morgan fingerprint density at radius 2 is 1.97 bits per heavy atom. The van der Waals surface area contributed by atoms with Crippen molar-refractivity contribution in [3.63, 3.8) is 0 Å². The Balaban J connectivity index is 1.09. The normalized spacial score (nSPS) is 19.9. The van der Waals surface area contributed by atoms with Crippen LogP contribution in [0.15, 0.2) is 55.0 Å². The number of pyridine rings is 2. The van der Waals surface area contributed by atoms with Crippen molar-refractivity contribution in [2.24, 2.45) is 11.8 Å². The third-order valence-electron chi connectivity index (χ3n) is 7.47. The highest BCUT2D eigenvalue weighted by Crippen LogP contribution is 2.36. The van der Waals surface area contributed by atoms with E-state index in [0.29, 0.717) is 5.92 Å². The number of nitrogens with one attached hydrogen (secondary N) is 3. The number of aromatic nitrogens is 4. The number of hydrogen-bond acceptors (Lipinski definition) is 7. The number of aromatic amines is 1. The maximum absolute atomic E-state index is 12.4. The number of fused-ring (bicyclic) bond motifs is 1. The molecule has 1 saturated heterocycles. The van der Waals surface area contributed by atoms with E-state index >= 15 is 0 Å². The number of aryl methyl sites for hydroxylation is 1. The average Bonchev–Trinajstić information content (AvgIpc) is 3.38. The summed E-state index contributed by atoms with van der Waals surface area (Å²) in [6.45, 7) is 4.68. The third kappa shape index (κ3) is 5.20. The van der Waals surface area contributed by atoms with Crippen LogP contribution in [0.4, 0.5) is 5.69 Å². The summed E-state index contributed by atoms with van der Waals surface area (Å²) in [7, 11) is 0. The maximum Gasteiger partial charge on any atom is 0.309 e. The SMILES string of the molecule is Cc1cccc(-c2[nH]cnc2-c2ccc3ncc(NCC4CC(C(=O)OC5CCNCC5)C4)cc3c2)n1. The summed E-state index contributed by atoms with van der Waals surface area (Å²) in [5.41, 5.74) is 6.55. The Labute approximate surface area is 216 Å². The second-order valence-electron chi connectivity index (χ2n) is 10.2. The number of esters is 1. The Kier molecular flexibility index (Phi) is 6.57. The number of carbonyl (C=O) groups is 1. The number of hydrogen-bond donors (Lipinski definition) is 3. The van der Waals surface area contributed by atoms with Gasteiger partial charge in [0.05, 0.1) is 46.7 Å². The lowest BCUT2D eigenvalue weighted by molar-refractivity contribution is -0.159. The molecule has 6 rings (SSSR count). The molecule has 4 aromatic rings. The number of rotatable bonds is 7. The molecule has 0 bridgehead atoms. The smallest absolute Gasteiger partial charge is 0.309 e. The molecule has 0 radical (unpaired) electrons. The Bertz CT molecular complexity index is 1400.